The lowest BCUT2D eigenvalue weighted by molar-refractivity contribution is 0.0699. The van der Waals surface area contributed by atoms with Gasteiger partial charge < -0.3 is 14.7 Å². The van der Waals surface area contributed by atoms with Crippen LogP contribution in [0, 0.1) is 29.6 Å². The zero-order valence-electron chi connectivity index (χ0n) is 24.9. The minimum absolute atomic E-state index is 0.0206. The van der Waals surface area contributed by atoms with Crippen molar-refractivity contribution in [1.29, 1.82) is 10.5 Å². The number of anilines is 1. The second-order valence-electron chi connectivity index (χ2n) is 10.9. The molecule has 5 heterocycles. The molecule has 1 unspecified atom stereocenters. The molecule has 232 valence electrons. The van der Waals surface area contributed by atoms with Crippen LogP contribution in [-0.2, 0) is 6.54 Å². The van der Waals surface area contributed by atoms with Gasteiger partial charge in [0.05, 0.1) is 51.9 Å². The van der Waals surface area contributed by atoms with Gasteiger partial charge in [0.25, 0.3) is 5.56 Å². The molecule has 12 nitrogen and oxygen atoms in total. The van der Waals surface area contributed by atoms with E-state index >= 15 is 0 Å². The number of piperazine rings is 1. The van der Waals surface area contributed by atoms with Crippen molar-refractivity contribution in [2.45, 2.75) is 25.9 Å². The summed E-state index contributed by atoms with van der Waals surface area (Å²) in [5.41, 5.74) is 1.99. The first kappa shape index (κ1) is 30.9. The van der Waals surface area contributed by atoms with Crippen LogP contribution >= 0.6 is 22.9 Å². The molecule has 0 aliphatic carbocycles. The molecule has 1 aliphatic rings. The number of benzene rings is 1. The van der Waals surface area contributed by atoms with Crippen molar-refractivity contribution < 1.29 is 14.6 Å². The Morgan fingerprint density at radius 1 is 1.22 bits per heavy atom. The summed E-state index contributed by atoms with van der Waals surface area (Å²) in [5.74, 6) is 0.288. The van der Waals surface area contributed by atoms with Crippen molar-refractivity contribution in [3.8, 4) is 29.0 Å². The van der Waals surface area contributed by atoms with Crippen molar-refractivity contribution in [2.24, 2.45) is 0 Å². The number of likely N-dealkylation sites (N-methyl/N-ethyl adjacent to an activating group) is 1. The van der Waals surface area contributed by atoms with Crippen LogP contribution in [0.2, 0.25) is 5.02 Å². The molecule has 4 aromatic heterocycles. The number of aromatic nitrogens is 4. The van der Waals surface area contributed by atoms with E-state index in [2.05, 4.69) is 32.0 Å². The summed E-state index contributed by atoms with van der Waals surface area (Å²) in [4.78, 5) is 43.1. The van der Waals surface area contributed by atoms with Crippen LogP contribution in [0.5, 0.6) is 5.75 Å². The molecule has 0 bridgehead atoms. The van der Waals surface area contributed by atoms with Crippen LogP contribution in [0.15, 0.2) is 46.8 Å². The zero-order chi connectivity index (χ0) is 32.5. The fourth-order valence-corrected chi connectivity index (χ4v) is 6.96. The molecule has 1 fully saturated rings. The van der Waals surface area contributed by atoms with Gasteiger partial charge in [0, 0.05) is 53.4 Å². The molecule has 6 rings (SSSR count). The first-order chi connectivity index (χ1) is 22.2. The highest BCUT2D eigenvalue weighted by Crippen LogP contribution is 2.39. The molecule has 0 saturated carbocycles. The maximum absolute atomic E-state index is 13.9. The Hall–Kier alpha value is -5.08. The van der Waals surface area contributed by atoms with Gasteiger partial charge in [0.1, 0.15) is 35.6 Å². The summed E-state index contributed by atoms with van der Waals surface area (Å²) in [7, 11) is 1.97. The molecular formula is C32H27ClN8O4S. The highest BCUT2D eigenvalue weighted by molar-refractivity contribution is 7.18. The number of fused-ring (bicyclic) bond motifs is 2. The predicted octanol–water partition coefficient (Wildman–Crippen LogP) is 4.71. The first-order valence-electron chi connectivity index (χ1n) is 14.4. The van der Waals surface area contributed by atoms with Crippen molar-refractivity contribution in [2.75, 3.05) is 38.2 Å². The number of thiophene rings is 1. The van der Waals surface area contributed by atoms with E-state index in [9.17, 15) is 25.2 Å². The lowest BCUT2D eigenvalue weighted by Crippen LogP contribution is -2.51. The van der Waals surface area contributed by atoms with Crippen molar-refractivity contribution >= 4 is 55.8 Å². The second-order valence-corrected chi connectivity index (χ2v) is 12.2. The Morgan fingerprint density at radius 3 is 2.80 bits per heavy atom. The van der Waals surface area contributed by atoms with Crippen molar-refractivity contribution in [3.63, 3.8) is 0 Å². The number of nitrogens with zero attached hydrogens (tertiary/aromatic N) is 8. The summed E-state index contributed by atoms with van der Waals surface area (Å²) in [6, 6.07) is 11.3. The van der Waals surface area contributed by atoms with Crippen LogP contribution in [0.1, 0.15) is 28.2 Å². The summed E-state index contributed by atoms with van der Waals surface area (Å²) < 4.78 is 8.37. The first-order valence-corrected chi connectivity index (χ1v) is 15.6. The number of pyridine rings is 2. The number of rotatable bonds is 8. The minimum atomic E-state index is -1.06. The summed E-state index contributed by atoms with van der Waals surface area (Å²) in [6.07, 6.45) is 3.41. The van der Waals surface area contributed by atoms with Gasteiger partial charge in [-0.25, -0.2) is 14.8 Å². The number of halogens is 1. The number of ether oxygens (including phenoxy) is 1. The third-order valence-corrected chi connectivity index (χ3v) is 9.41. The monoisotopic (exact) mass is 654 g/mol. The average molecular weight is 655 g/mol. The lowest BCUT2D eigenvalue weighted by Gasteiger charge is -2.39. The number of carboxylic acid groups (broad SMARTS) is 1. The fraction of sp³-hybridized carbons (Fsp3) is 0.281. The van der Waals surface area contributed by atoms with E-state index in [4.69, 9.17) is 16.3 Å². The minimum Gasteiger partial charge on any atom is -0.491 e. The smallest absolute Gasteiger partial charge is 0.338 e. The number of hydrogen-bond acceptors (Lipinski definition) is 11. The van der Waals surface area contributed by atoms with Crippen LogP contribution in [-0.4, -0.2) is 74.8 Å². The van der Waals surface area contributed by atoms with Crippen molar-refractivity contribution in [3.05, 3.63) is 74.4 Å². The Bertz CT molecular complexity index is 2150. The predicted molar refractivity (Wildman–Crippen MR) is 175 cm³/mol. The van der Waals surface area contributed by atoms with Crippen molar-refractivity contribution in [1.82, 2.24) is 24.4 Å². The van der Waals surface area contributed by atoms with Crippen LogP contribution in [0.3, 0.4) is 0 Å². The number of hydrogen-bond donors (Lipinski definition) is 1. The maximum Gasteiger partial charge on any atom is 0.338 e. The molecule has 0 amide bonds. The topological polar surface area (TPSA) is 161 Å². The van der Waals surface area contributed by atoms with Gasteiger partial charge in [-0.1, -0.05) is 11.6 Å². The van der Waals surface area contributed by atoms with E-state index < -0.39 is 5.97 Å². The van der Waals surface area contributed by atoms with E-state index in [-0.39, 0.29) is 41.3 Å². The van der Waals surface area contributed by atoms with E-state index in [1.807, 2.05) is 11.9 Å². The molecule has 1 aliphatic heterocycles. The Labute approximate surface area is 272 Å². The molecule has 14 heteroatoms. The van der Waals surface area contributed by atoms with E-state index in [0.717, 1.165) is 5.56 Å². The highest BCUT2D eigenvalue weighted by Gasteiger charge is 2.28. The van der Waals surface area contributed by atoms with Gasteiger partial charge in [0.2, 0.25) is 0 Å². The molecular weight excluding hydrogens is 628 g/mol. The Morgan fingerprint density at radius 2 is 2.04 bits per heavy atom. The largest absolute Gasteiger partial charge is 0.491 e. The van der Waals surface area contributed by atoms with Gasteiger partial charge in [-0.05, 0) is 38.2 Å². The van der Waals surface area contributed by atoms with E-state index in [0.29, 0.717) is 69.8 Å². The zero-order valence-corrected chi connectivity index (χ0v) is 26.5. The van der Waals surface area contributed by atoms with E-state index in [1.165, 1.54) is 22.1 Å². The SMILES string of the molecule is Cc1nc2cnc(N3CCN(C)C(CC#N)C3)c(C#N)c2c(=O)n1CCOc1ccc(Cl)cc1-c1ccnc2c(C(=O)O)csc12. The van der Waals surface area contributed by atoms with Crippen LogP contribution in [0.25, 0.3) is 32.2 Å². The van der Waals surface area contributed by atoms with Gasteiger partial charge in [-0.15, -0.1) is 11.3 Å². The standard InChI is InChI=1S/C32H27ClN8O4S/c1-18-38-25-15-37-30(40-10-9-39(2)20(16-40)5-7-34)23(14-35)27(25)31(42)41(18)11-12-45-26-4-3-19(33)13-22(26)21-6-8-36-28-24(32(43)44)17-46-29(21)28/h3-4,6,8,13,15,17,20H,5,9-12,16H2,1-2H3,(H,43,44). The molecule has 1 atom stereocenters. The van der Waals surface area contributed by atoms with Crippen LogP contribution in [0.4, 0.5) is 5.82 Å². The molecule has 1 aromatic carbocycles. The third-order valence-electron chi connectivity index (χ3n) is 8.18. The van der Waals surface area contributed by atoms with Gasteiger partial charge in [-0.2, -0.15) is 10.5 Å². The van der Waals surface area contributed by atoms with Gasteiger partial charge in [0.15, 0.2) is 0 Å². The summed E-state index contributed by atoms with van der Waals surface area (Å²) in [6.45, 7) is 3.75. The number of carboxylic acids is 1. The Balaban J connectivity index is 1.31. The molecule has 5 aromatic rings. The van der Waals surface area contributed by atoms with Crippen LogP contribution < -0.4 is 15.2 Å². The Kier molecular flexibility index (Phi) is 8.56. The third kappa shape index (κ3) is 5.61. The fourth-order valence-electron chi connectivity index (χ4n) is 5.76. The number of aryl methyl sites for hydroxylation is 1. The number of aromatic carboxylic acids is 1. The molecule has 0 radical (unpaired) electrons. The quantitative estimate of drug-likeness (QED) is 0.247. The second kappa shape index (κ2) is 12.7. The molecule has 46 heavy (non-hydrogen) atoms. The van der Waals surface area contributed by atoms with Gasteiger partial charge >= 0.3 is 5.97 Å². The molecule has 1 N–H and O–H groups in total. The maximum atomic E-state index is 13.9. The van der Waals surface area contributed by atoms with Gasteiger partial charge in [-0.3, -0.25) is 19.2 Å². The summed E-state index contributed by atoms with van der Waals surface area (Å²) >= 11 is 7.64. The summed E-state index contributed by atoms with van der Waals surface area (Å²) in [5, 5.41) is 31.3. The molecule has 0 spiro atoms. The highest BCUT2D eigenvalue weighted by atomic mass is 35.5. The lowest BCUT2D eigenvalue weighted by atomic mass is 10.0. The van der Waals surface area contributed by atoms with E-state index in [1.54, 1.807) is 42.8 Å². The number of carbonyl (C=O) groups is 1. The number of nitriles is 2. The normalized spacial score (nSPS) is 15.2. The molecule has 1 saturated heterocycles. The average Bonchev–Trinajstić information content (AvgIpc) is 3.49.